The summed E-state index contributed by atoms with van der Waals surface area (Å²) in [4.78, 5) is 51.4. The van der Waals surface area contributed by atoms with E-state index in [1.807, 2.05) is 53.4 Å². The summed E-state index contributed by atoms with van der Waals surface area (Å²) in [6, 6.07) is 33.0. The lowest BCUT2D eigenvalue weighted by Gasteiger charge is -2.45. The standard InChI is InChI=1S/C30H34Cl2N4OS.C27H30Cl2N4OS/c1-5-35(24-16-34(17-24)23-14-15-23)28(37)26-25(18(2)3)36-27(19-6-10-21(31)11-7-19)30(4,33-29(36)38-26)20-8-12-22(32)13-9-20;1-5-32(21-14-30-15-21)25(34)23-22(16(2)3)33-24(17-6-10-19(28)11-7-17)27(4,31-26(33)35-23)18-8-12-20(29)13-9-18/h6-13,18,23-24,27H,5,14-17H2,1-4H3;6-13,16,21,24,30H,5,14-15H2,1-4H3/t27-,30+;24-,27+/m11/s1. The van der Waals surface area contributed by atoms with E-state index in [0.717, 1.165) is 86.0 Å². The maximum atomic E-state index is 14.1. The van der Waals surface area contributed by atoms with Crippen LogP contribution in [0.1, 0.15) is 103 Å². The second-order valence-corrected chi connectivity index (χ2v) is 24.7. The highest BCUT2D eigenvalue weighted by Gasteiger charge is 2.56. The number of nitrogens with one attached hydrogen (secondary N) is 1. The Morgan fingerprint density at radius 2 is 0.959 bits per heavy atom. The van der Waals surface area contributed by atoms with E-state index >= 15 is 0 Å². The summed E-state index contributed by atoms with van der Waals surface area (Å²) in [6.45, 7) is 22.3. The molecule has 2 amide bonds. The molecule has 11 rings (SSSR count). The lowest BCUT2D eigenvalue weighted by molar-refractivity contribution is -0.132. The zero-order chi connectivity index (χ0) is 51.7. The number of carbonyl (C=O) groups is 2. The highest BCUT2D eigenvalue weighted by molar-refractivity contribution is 8.18. The summed E-state index contributed by atoms with van der Waals surface area (Å²) in [7, 11) is 0. The molecule has 4 aromatic rings. The van der Waals surface area contributed by atoms with Crippen LogP contribution < -0.4 is 5.32 Å². The zero-order valence-corrected chi connectivity index (χ0v) is 47.4. The number of aliphatic imine (C=N–C) groups is 2. The summed E-state index contributed by atoms with van der Waals surface area (Å²) in [5.41, 5.74) is 5.38. The Morgan fingerprint density at radius 3 is 1.27 bits per heavy atom. The van der Waals surface area contributed by atoms with Crippen molar-refractivity contribution in [1.82, 2.24) is 29.8 Å². The molecule has 0 radical (unpaired) electrons. The van der Waals surface area contributed by atoms with E-state index in [1.54, 1.807) is 11.8 Å². The van der Waals surface area contributed by atoms with E-state index in [9.17, 15) is 9.59 Å². The SMILES string of the molecule is CCN(C(=O)C1=C(C(C)C)N2C(=N[C@@](C)(c3ccc(Cl)cc3)[C@H]2c2ccc(Cl)cc2)S1)C1CN(C2CC2)C1.CCN(C(=O)C1=C(C(C)C)N2C(=N[C@@](C)(c3ccc(Cl)cc3)[C@H]2c2ccc(Cl)cc2)S1)C1CNC1. The molecule has 3 fully saturated rings. The Bertz CT molecular complexity index is 2880. The third-order valence-electron chi connectivity index (χ3n) is 15.5. The molecule has 1 N–H and O–H groups in total. The van der Waals surface area contributed by atoms with Crippen LogP contribution in [0.25, 0.3) is 0 Å². The van der Waals surface area contributed by atoms with Crippen LogP contribution in [-0.2, 0) is 20.7 Å². The molecule has 6 aliphatic heterocycles. The van der Waals surface area contributed by atoms with Gasteiger partial charge in [-0.1, -0.05) is 123 Å². The molecule has 0 aromatic heterocycles. The number of rotatable bonds is 13. The first-order valence-electron chi connectivity index (χ1n) is 25.7. The van der Waals surface area contributed by atoms with Gasteiger partial charge in [-0.15, -0.1) is 0 Å². The minimum atomic E-state index is -0.558. The number of likely N-dealkylation sites (tertiary alicyclic amines) is 1. The molecule has 4 atom stereocenters. The molecule has 2 saturated heterocycles. The summed E-state index contributed by atoms with van der Waals surface area (Å²) in [5.74, 6) is 0.545. The van der Waals surface area contributed by atoms with Crippen molar-refractivity contribution in [2.75, 3.05) is 39.3 Å². The summed E-state index contributed by atoms with van der Waals surface area (Å²) in [6.07, 6.45) is 2.61. The van der Waals surface area contributed by atoms with Crippen LogP contribution in [0.5, 0.6) is 0 Å². The van der Waals surface area contributed by atoms with Crippen LogP contribution in [0.4, 0.5) is 0 Å². The quantitative estimate of drug-likeness (QED) is 0.142. The molecule has 6 heterocycles. The fraction of sp³-hybridized carbons (Fsp3) is 0.439. The van der Waals surface area contributed by atoms with Crippen molar-refractivity contribution in [1.29, 1.82) is 0 Å². The van der Waals surface area contributed by atoms with Gasteiger partial charge in [0.1, 0.15) is 20.9 Å². The average Bonchev–Trinajstić information content (AvgIpc) is 3.78. The Hall–Kier alpha value is -3.98. The molecule has 73 heavy (non-hydrogen) atoms. The first-order chi connectivity index (χ1) is 34.9. The molecule has 0 bridgehead atoms. The van der Waals surface area contributed by atoms with E-state index < -0.39 is 11.1 Å². The number of nitrogens with zero attached hydrogens (tertiary/aromatic N) is 7. The minimum Gasteiger partial charge on any atom is -0.333 e. The van der Waals surface area contributed by atoms with Crippen LogP contribution in [0.2, 0.25) is 20.1 Å². The Labute approximate surface area is 459 Å². The van der Waals surface area contributed by atoms with Gasteiger partial charge in [-0.05, 0) is 147 Å². The lowest BCUT2D eigenvalue weighted by Crippen LogP contribution is -2.61. The van der Waals surface area contributed by atoms with Gasteiger partial charge in [0.25, 0.3) is 11.8 Å². The van der Waals surface area contributed by atoms with Crippen LogP contribution in [-0.4, -0.2) is 104 Å². The monoisotopic (exact) mass is 1100 g/mol. The number of hydrogen-bond acceptors (Lipinski definition) is 10. The van der Waals surface area contributed by atoms with Crippen molar-refractivity contribution in [2.24, 2.45) is 21.8 Å². The van der Waals surface area contributed by atoms with Crippen molar-refractivity contribution in [3.05, 3.63) is 161 Å². The van der Waals surface area contributed by atoms with Gasteiger partial charge in [0.2, 0.25) is 0 Å². The molecule has 1 saturated carbocycles. The summed E-state index contributed by atoms with van der Waals surface area (Å²) >= 11 is 28.1. The average molecular weight is 1100 g/mol. The maximum Gasteiger partial charge on any atom is 0.262 e. The van der Waals surface area contributed by atoms with Crippen LogP contribution in [0, 0.1) is 11.8 Å². The second kappa shape index (κ2) is 20.9. The molecule has 4 aromatic carbocycles. The van der Waals surface area contributed by atoms with E-state index in [4.69, 9.17) is 56.4 Å². The summed E-state index contributed by atoms with van der Waals surface area (Å²) < 4.78 is 0. The topological polar surface area (TPSA) is 87.1 Å². The predicted octanol–water partition coefficient (Wildman–Crippen LogP) is 13.0. The number of halogens is 4. The Kier molecular flexibility index (Phi) is 15.0. The molecule has 0 spiro atoms. The van der Waals surface area contributed by atoms with Gasteiger partial charge in [-0.25, -0.2) is 9.98 Å². The molecule has 1 aliphatic carbocycles. The Morgan fingerprint density at radius 1 is 0.603 bits per heavy atom. The second-order valence-electron chi connectivity index (χ2n) is 21.0. The lowest BCUT2D eigenvalue weighted by atomic mass is 9.81. The highest BCUT2D eigenvalue weighted by atomic mass is 35.5. The first-order valence-corrected chi connectivity index (χ1v) is 28.8. The Balaban J connectivity index is 0.000000168. The fourth-order valence-electron chi connectivity index (χ4n) is 11.4. The van der Waals surface area contributed by atoms with E-state index in [0.29, 0.717) is 39.2 Å². The van der Waals surface area contributed by atoms with Crippen LogP contribution in [0.15, 0.2) is 128 Å². The van der Waals surface area contributed by atoms with Crippen molar-refractivity contribution < 1.29 is 9.59 Å². The fourth-order valence-corrected chi connectivity index (χ4v) is 14.7. The van der Waals surface area contributed by atoms with Crippen molar-refractivity contribution in [2.45, 2.75) is 110 Å². The molecular formula is C57H64Cl4N8O2S2. The molecule has 384 valence electrons. The normalized spacial score (nSPS) is 24.8. The van der Waals surface area contributed by atoms with Gasteiger partial charge in [-0.2, -0.15) is 0 Å². The van der Waals surface area contributed by atoms with Crippen molar-refractivity contribution in [3.8, 4) is 0 Å². The first kappa shape index (κ1) is 52.5. The number of thioether (sulfide) groups is 2. The highest BCUT2D eigenvalue weighted by Crippen LogP contribution is 2.58. The van der Waals surface area contributed by atoms with Gasteiger partial charge in [0.05, 0.1) is 24.2 Å². The number of likely N-dealkylation sites (N-methyl/N-ethyl adjacent to an activating group) is 2. The van der Waals surface area contributed by atoms with E-state index in [-0.39, 0.29) is 41.8 Å². The predicted molar refractivity (Wildman–Crippen MR) is 303 cm³/mol. The van der Waals surface area contributed by atoms with E-state index in [1.165, 1.54) is 24.6 Å². The third kappa shape index (κ3) is 9.68. The molecule has 10 nitrogen and oxygen atoms in total. The number of fused-ring (bicyclic) bond motifs is 2. The van der Waals surface area contributed by atoms with Crippen LogP contribution >= 0.6 is 69.9 Å². The van der Waals surface area contributed by atoms with Gasteiger partial charge >= 0.3 is 0 Å². The number of hydrogen-bond donors (Lipinski definition) is 1. The van der Waals surface area contributed by atoms with Gasteiger partial charge in [-0.3, -0.25) is 14.5 Å². The van der Waals surface area contributed by atoms with E-state index in [2.05, 4.69) is 129 Å². The number of benzene rings is 4. The number of amidine groups is 2. The maximum absolute atomic E-state index is 14.1. The van der Waals surface area contributed by atoms with Gasteiger partial charge in [0, 0.05) is 76.8 Å². The summed E-state index contributed by atoms with van der Waals surface area (Å²) in [5, 5.41) is 7.84. The number of carbonyl (C=O) groups excluding carboxylic acids is 2. The molecule has 7 aliphatic rings. The zero-order valence-electron chi connectivity index (χ0n) is 42.7. The molecular weight excluding hydrogens is 1030 g/mol. The van der Waals surface area contributed by atoms with Crippen molar-refractivity contribution in [3.63, 3.8) is 0 Å². The van der Waals surface area contributed by atoms with Gasteiger partial charge in [0.15, 0.2) is 10.3 Å². The van der Waals surface area contributed by atoms with Crippen molar-refractivity contribution >= 4 is 92.1 Å². The smallest absolute Gasteiger partial charge is 0.262 e. The third-order valence-corrected chi connectivity index (χ3v) is 18.7. The molecule has 16 heteroatoms. The van der Waals surface area contributed by atoms with Gasteiger partial charge < -0.3 is 24.9 Å². The number of allylic oxidation sites excluding steroid dienone is 2. The molecule has 0 unspecified atom stereocenters. The minimum absolute atomic E-state index is 0.104. The van der Waals surface area contributed by atoms with Crippen LogP contribution in [0.3, 0.4) is 0 Å². The largest absolute Gasteiger partial charge is 0.333 e. The number of amides is 2.